The van der Waals surface area contributed by atoms with Crippen molar-refractivity contribution in [2.24, 2.45) is 0 Å². The van der Waals surface area contributed by atoms with Crippen molar-refractivity contribution in [2.75, 3.05) is 6.61 Å². The van der Waals surface area contributed by atoms with Gasteiger partial charge in [0, 0.05) is 5.69 Å². The second-order valence-corrected chi connectivity index (χ2v) is 7.21. The van der Waals surface area contributed by atoms with Crippen LogP contribution in [0.25, 0.3) is 11.1 Å². The standard InChI is InChI=1S/C25H27N3O2/c1-3-5-7-12-22-16-24(25(29)30-4-2)27-28(22)18-19-13-14-23(21(15-19)17-26)20-10-8-6-9-11-20/h6,8-11,13-16H,3-5,7,12,18H2,1-2H3. The maximum absolute atomic E-state index is 12.2. The first-order valence-electron chi connectivity index (χ1n) is 10.5. The van der Waals surface area contributed by atoms with Gasteiger partial charge in [-0.25, -0.2) is 4.79 Å². The number of nitrogens with zero attached hydrogens (tertiary/aromatic N) is 3. The number of esters is 1. The van der Waals surface area contributed by atoms with E-state index >= 15 is 0 Å². The Morgan fingerprint density at radius 1 is 1.10 bits per heavy atom. The van der Waals surface area contributed by atoms with Gasteiger partial charge in [-0.3, -0.25) is 4.68 Å². The van der Waals surface area contributed by atoms with Gasteiger partial charge in [0.15, 0.2) is 5.69 Å². The first-order valence-corrected chi connectivity index (χ1v) is 10.5. The van der Waals surface area contributed by atoms with Crippen LogP contribution in [0.2, 0.25) is 0 Å². The van der Waals surface area contributed by atoms with Crippen molar-refractivity contribution in [1.29, 1.82) is 5.26 Å². The van der Waals surface area contributed by atoms with Gasteiger partial charge in [0.2, 0.25) is 0 Å². The summed E-state index contributed by atoms with van der Waals surface area (Å²) < 4.78 is 6.98. The summed E-state index contributed by atoms with van der Waals surface area (Å²) in [5, 5.41) is 14.2. The second-order valence-electron chi connectivity index (χ2n) is 7.21. The molecule has 0 atom stereocenters. The number of carbonyl (C=O) groups is 1. The third-order valence-corrected chi connectivity index (χ3v) is 5.01. The summed E-state index contributed by atoms with van der Waals surface area (Å²) in [5.74, 6) is -0.398. The van der Waals surface area contributed by atoms with Crippen LogP contribution >= 0.6 is 0 Å². The van der Waals surface area contributed by atoms with Crippen molar-refractivity contribution in [1.82, 2.24) is 9.78 Å². The van der Waals surface area contributed by atoms with Crippen molar-refractivity contribution >= 4 is 5.97 Å². The second kappa shape index (κ2) is 10.4. The molecule has 0 saturated carbocycles. The van der Waals surface area contributed by atoms with Crippen molar-refractivity contribution in [2.45, 2.75) is 46.1 Å². The van der Waals surface area contributed by atoms with E-state index in [0.29, 0.717) is 24.4 Å². The minimum atomic E-state index is -0.398. The number of nitriles is 1. The minimum Gasteiger partial charge on any atom is -0.461 e. The van der Waals surface area contributed by atoms with E-state index in [-0.39, 0.29) is 0 Å². The molecule has 3 aromatic rings. The molecule has 0 N–H and O–H groups in total. The number of aryl methyl sites for hydroxylation is 1. The molecule has 1 aromatic heterocycles. The molecule has 0 fully saturated rings. The van der Waals surface area contributed by atoms with Crippen LogP contribution < -0.4 is 0 Å². The summed E-state index contributed by atoms with van der Waals surface area (Å²) in [7, 11) is 0. The van der Waals surface area contributed by atoms with Crippen LogP contribution in [0.1, 0.15) is 60.4 Å². The fourth-order valence-electron chi connectivity index (χ4n) is 3.48. The number of rotatable bonds is 9. The number of unbranched alkanes of at least 4 members (excludes halogenated alkanes) is 2. The Labute approximate surface area is 177 Å². The molecule has 2 aromatic carbocycles. The molecule has 0 unspecified atom stereocenters. The third-order valence-electron chi connectivity index (χ3n) is 5.01. The van der Waals surface area contributed by atoms with Gasteiger partial charge < -0.3 is 4.74 Å². The normalized spacial score (nSPS) is 10.6. The smallest absolute Gasteiger partial charge is 0.358 e. The van der Waals surface area contributed by atoms with E-state index in [0.717, 1.165) is 48.1 Å². The Balaban J connectivity index is 1.88. The molecule has 0 radical (unpaired) electrons. The van der Waals surface area contributed by atoms with Crippen LogP contribution in [0, 0.1) is 11.3 Å². The van der Waals surface area contributed by atoms with Gasteiger partial charge in [0.1, 0.15) is 0 Å². The Kier molecular flexibility index (Phi) is 7.40. The Bertz CT molecular complexity index is 1030. The molecule has 3 rings (SSSR count). The van der Waals surface area contributed by atoms with Gasteiger partial charge in [0.05, 0.1) is 24.8 Å². The van der Waals surface area contributed by atoms with Gasteiger partial charge in [-0.05, 0) is 48.6 Å². The predicted molar refractivity (Wildman–Crippen MR) is 117 cm³/mol. The molecule has 0 bridgehead atoms. The van der Waals surface area contributed by atoms with Gasteiger partial charge >= 0.3 is 5.97 Å². The minimum absolute atomic E-state index is 0.323. The molecule has 154 valence electrons. The topological polar surface area (TPSA) is 67.9 Å². The van der Waals surface area contributed by atoms with Gasteiger partial charge in [-0.15, -0.1) is 0 Å². The molecular weight excluding hydrogens is 374 g/mol. The average Bonchev–Trinajstić information content (AvgIpc) is 3.17. The van der Waals surface area contributed by atoms with Crippen molar-refractivity contribution in [3.63, 3.8) is 0 Å². The third kappa shape index (κ3) is 5.15. The molecule has 1 heterocycles. The van der Waals surface area contributed by atoms with E-state index in [1.165, 1.54) is 0 Å². The highest BCUT2D eigenvalue weighted by molar-refractivity contribution is 5.87. The zero-order valence-corrected chi connectivity index (χ0v) is 17.6. The van der Waals surface area contributed by atoms with E-state index < -0.39 is 5.97 Å². The number of carbonyl (C=O) groups excluding carboxylic acids is 1. The van der Waals surface area contributed by atoms with Crippen molar-refractivity contribution in [3.05, 3.63) is 77.1 Å². The molecule has 0 amide bonds. The average molecular weight is 402 g/mol. The molecule has 0 aliphatic carbocycles. The summed E-state index contributed by atoms with van der Waals surface area (Å²) in [6, 6.07) is 19.9. The molecule has 0 spiro atoms. The van der Waals surface area contributed by atoms with Crippen LogP contribution in [-0.2, 0) is 17.7 Å². The fourth-order valence-corrected chi connectivity index (χ4v) is 3.48. The molecule has 0 aliphatic heterocycles. The van der Waals surface area contributed by atoms with Crippen LogP contribution in [0.4, 0.5) is 0 Å². The van der Waals surface area contributed by atoms with Gasteiger partial charge in [0.25, 0.3) is 0 Å². The quantitative estimate of drug-likeness (QED) is 0.357. The number of benzene rings is 2. The molecule has 0 saturated heterocycles. The fraction of sp³-hybridized carbons (Fsp3) is 0.320. The summed E-state index contributed by atoms with van der Waals surface area (Å²) in [5.41, 5.74) is 4.88. The van der Waals surface area contributed by atoms with E-state index in [1.54, 1.807) is 6.92 Å². The van der Waals surface area contributed by atoms with Gasteiger partial charge in [-0.2, -0.15) is 10.4 Å². The van der Waals surface area contributed by atoms with E-state index in [9.17, 15) is 10.1 Å². The van der Waals surface area contributed by atoms with E-state index in [4.69, 9.17) is 4.74 Å². The Hall–Kier alpha value is -3.39. The van der Waals surface area contributed by atoms with Crippen LogP contribution in [0.3, 0.4) is 0 Å². The summed E-state index contributed by atoms with van der Waals surface area (Å²) in [6.07, 6.45) is 4.16. The molecule has 30 heavy (non-hydrogen) atoms. The van der Waals surface area contributed by atoms with Crippen molar-refractivity contribution < 1.29 is 9.53 Å². The SMILES string of the molecule is CCCCCc1cc(C(=O)OCC)nn1Cc1ccc(-c2ccccc2)c(C#N)c1. The predicted octanol–water partition coefficient (Wildman–Crippen LogP) is 5.38. The van der Waals surface area contributed by atoms with E-state index in [1.807, 2.05) is 59.3 Å². The Morgan fingerprint density at radius 2 is 1.90 bits per heavy atom. The lowest BCUT2D eigenvalue weighted by Gasteiger charge is -2.10. The largest absolute Gasteiger partial charge is 0.461 e. The zero-order chi connectivity index (χ0) is 21.3. The van der Waals surface area contributed by atoms with Gasteiger partial charge in [-0.1, -0.05) is 62.2 Å². The van der Waals surface area contributed by atoms with Crippen molar-refractivity contribution in [3.8, 4) is 17.2 Å². The zero-order valence-electron chi connectivity index (χ0n) is 17.6. The lowest BCUT2D eigenvalue weighted by atomic mass is 9.98. The molecule has 5 nitrogen and oxygen atoms in total. The number of hydrogen-bond acceptors (Lipinski definition) is 4. The molecule has 0 aliphatic rings. The molecule has 5 heteroatoms. The summed E-state index contributed by atoms with van der Waals surface area (Å²) >= 11 is 0. The lowest BCUT2D eigenvalue weighted by molar-refractivity contribution is 0.0518. The summed E-state index contributed by atoms with van der Waals surface area (Å²) in [6.45, 7) is 4.78. The monoisotopic (exact) mass is 401 g/mol. The number of aromatic nitrogens is 2. The van der Waals surface area contributed by atoms with Crippen LogP contribution in [0.5, 0.6) is 0 Å². The van der Waals surface area contributed by atoms with E-state index in [2.05, 4.69) is 18.1 Å². The first-order chi connectivity index (χ1) is 14.7. The molecular formula is C25H27N3O2. The maximum Gasteiger partial charge on any atom is 0.358 e. The lowest BCUT2D eigenvalue weighted by Crippen LogP contribution is -2.09. The Morgan fingerprint density at radius 3 is 2.60 bits per heavy atom. The maximum atomic E-state index is 12.2. The van der Waals surface area contributed by atoms with Crippen LogP contribution in [-0.4, -0.2) is 22.4 Å². The van der Waals surface area contributed by atoms with Crippen LogP contribution in [0.15, 0.2) is 54.6 Å². The highest BCUT2D eigenvalue weighted by Gasteiger charge is 2.16. The highest BCUT2D eigenvalue weighted by Crippen LogP contribution is 2.25. The first kappa shape index (κ1) is 21.3. The highest BCUT2D eigenvalue weighted by atomic mass is 16.5. The summed E-state index contributed by atoms with van der Waals surface area (Å²) in [4.78, 5) is 12.2. The number of ether oxygens (including phenoxy) is 1. The number of hydrogen-bond donors (Lipinski definition) is 0.